The zero-order chi connectivity index (χ0) is 16.1. The van der Waals surface area contributed by atoms with Crippen molar-refractivity contribution in [2.45, 2.75) is 32.0 Å². The molecule has 2 aromatic rings. The topological polar surface area (TPSA) is 60.2 Å². The molecule has 0 saturated carbocycles. The van der Waals surface area contributed by atoms with Gasteiger partial charge in [-0.15, -0.1) is 0 Å². The minimum absolute atomic E-state index is 0.0854. The van der Waals surface area contributed by atoms with Crippen LogP contribution in [0.25, 0.3) is 6.08 Å². The van der Waals surface area contributed by atoms with Crippen molar-refractivity contribution >= 4 is 6.08 Å². The van der Waals surface area contributed by atoms with Crippen LogP contribution in [0.1, 0.15) is 36.2 Å². The molecule has 23 heavy (non-hydrogen) atoms. The van der Waals surface area contributed by atoms with E-state index < -0.39 is 0 Å². The van der Waals surface area contributed by atoms with E-state index in [9.17, 15) is 4.39 Å². The molecule has 2 atom stereocenters. The molecule has 122 valence electrons. The molecule has 0 radical (unpaired) electrons. The lowest BCUT2D eigenvalue weighted by molar-refractivity contribution is 0.0270. The molecule has 1 N–H and O–H groups in total. The van der Waals surface area contributed by atoms with Crippen LogP contribution in [0.2, 0.25) is 0 Å². The van der Waals surface area contributed by atoms with Crippen molar-refractivity contribution in [2.75, 3.05) is 13.1 Å². The Labute approximate surface area is 134 Å². The van der Waals surface area contributed by atoms with Gasteiger partial charge in [-0.05, 0) is 37.5 Å². The Morgan fingerprint density at radius 1 is 1.30 bits per heavy atom. The Kier molecular flexibility index (Phi) is 5.15. The van der Waals surface area contributed by atoms with Crippen LogP contribution in [0.3, 0.4) is 0 Å². The molecule has 3 rings (SSSR count). The van der Waals surface area contributed by atoms with Crippen LogP contribution in [0, 0.1) is 12.7 Å². The summed E-state index contributed by atoms with van der Waals surface area (Å²) in [5.74, 6) is 0.988. The molecular weight excluding hydrogens is 297 g/mol. The first-order valence-electron chi connectivity index (χ1n) is 7.79. The number of benzene rings is 1. The third-order valence-corrected chi connectivity index (χ3v) is 3.74. The second-order valence-corrected chi connectivity index (χ2v) is 5.62. The first kappa shape index (κ1) is 15.8. The van der Waals surface area contributed by atoms with Gasteiger partial charge < -0.3 is 14.6 Å². The Hall–Kier alpha value is -2.05. The van der Waals surface area contributed by atoms with Gasteiger partial charge in [-0.2, -0.15) is 4.98 Å². The largest absolute Gasteiger partial charge is 0.364 e. The molecule has 0 amide bonds. The summed E-state index contributed by atoms with van der Waals surface area (Å²) in [6.07, 6.45) is 5.93. The van der Waals surface area contributed by atoms with Gasteiger partial charge in [-0.25, -0.2) is 4.39 Å². The van der Waals surface area contributed by atoms with Crippen LogP contribution in [0.5, 0.6) is 0 Å². The molecule has 1 saturated heterocycles. The molecule has 1 aliphatic heterocycles. The summed E-state index contributed by atoms with van der Waals surface area (Å²) in [7, 11) is 0. The zero-order valence-corrected chi connectivity index (χ0v) is 13.0. The summed E-state index contributed by atoms with van der Waals surface area (Å²) in [4.78, 5) is 4.22. The maximum absolute atomic E-state index is 12.8. The molecule has 2 heterocycles. The van der Waals surface area contributed by atoms with Crippen LogP contribution in [-0.2, 0) is 4.74 Å². The normalized spacial score (nSPS) is 21.3. The van der Waals surface area contributed by atoms with Crippen LogP contribution < -0.4 is 5.32 Å². The quantitative estimate of drug-likeness (QED) is 0.830. The summed E-state index contributed by atoms with van der Waals surface area (Å²) in [6.45, 7) is 3.31. The lowest BCUT2D eigenvalue weighted by Gasteiger charge is -2.11. The third kappa shape index (κ3) is 4.46. The Morgan fingerprint density at radius 3 is 2.87 bits per heavy atom. The highest BCUT2D eigenvalue weighted by Crippen LogP contribution is 2.31. The number of aromatic nitrogens is 2. The number of halogens is 1. The van der Waals surface area contributed by atoms with E-state index >= 15 is 0 Å². The first-order valence-corrected chi connectivity index (χ1v) is 7.79. The molecule has 0 unspecified atom stereocenters. The molecular formula is C17H20FN3O2. The molecule has 1 aromatic heterocycles. The van der Waals surface area contributed by atoms with E-state index in [4.69, 9.17) is 9.26 Å². The van der Waals surface area contributed by atoms with Crippen molar-refractivity contribution in [3.63, 3.8) is 0 Å². The van der Waals surface area contributed by atoms with Crippen LogP contribution >= 0.6 is 0 Å². The van der Waals surface area contributed by atoms with Crippen molar-refractivity contribution in [2.24, 2.45) is 0 Å². The predicted molar refractivity (Wildman–Crippen MR) is 84.2 cm³/mol. The summed E-state index contributed by atoms with van der Waals surface area (Å²) < 4.78 is 23.9. The maximum atomic E-state index is 12.8. The maximum Gasteiger partial charge on any atom is 0.255 e. The number of nitrogens with zero attached hydrogens (tertiary/aromatic N) is 2. The van der Waals surface area contributed by atoms with E-state index in [1.807, 2.05) is 12.2 Å². The number of ether oxygens (including phenoxy) is 1. The van der Waals surface area contributed by atoms with Gasteiger partial charge in [0.05, 0.1) is 6.10 Å². The fourth-order valence-corrected chi connectivity index (χ4v) is 2.58. The van der Waals surface area contributed by atoms with E-state index in [-0.39, 0.29) is 18.0 Å². The molecule has 0 bridgehead atoms. The highest BCUT2D eigenvalue weighted by atomic mass is 19.1. The Morgan fingerprint density at radius 2 is 2.13 bits per heavy atom. The number of rotatable bonds is 6. The van der Waals surface area contributed by atoms with Gasteiger partial charge in [-0.3, -0.25) is 0 Å². The highest BCUT2D eigenvalue weighted by molar-refractivity contribution is 5.48. The smallest absolute Gasteiger partial charge is 0.255 e. The van der Waals surface area contributed by atoms with Crippen molar-refractivity contribution in [3.8, 4) is 0 Å². The monoisotopic (exact) mass is 317 g/mol. The SMILES string of the molecule is Cc1noc([C@@H]2CC[C@H](CNC/C=C/c3ccc(F)cc3)O2)n1. The molecule has 6 heteroatoms. The van der Waals surface area contributed by atoms with Gasteiger partial charge >= 0.3 is 0 Å². The zero-order valence-electron chi connectivity index (χ0n) is 13.0. The average molecular weight is 317 g/mol. The van der Waals surface area contributed by atoms with Gasteiger partial charge in [-0.1, -0.05) is 29.4 Å². The number of hydrogen-bond acceptors (Lipinski definition) is 5. The van der Waals surface area contributed by atoms with Crippen LogP contribution in [0.4, 0.5) is 4.39 Å². The van der Waals surface area contributed by atoms with Gasteiger partial charge in [0.25, 0.3) is 5.89 Å². The van der Waals surface area contributed by atoms with Gasteiger partial charge in [0, 0.05) is 13.1 Å². The predicted octanol–water partition coefficient (Wildman–Crippen LogP) is 3.04. The first-order chi connectivity index (χ1) is 11.2. The third-order valence-electron chi connectivity index (χ3n) is 3.74. The lowest BCUT2D eigenvalue weighted by atomic mass is 10.2. The van der Waals surface area contributed by atoms with Crippen molar-refractivity contribution < 1.29 is 13.7 Å². The van der Waals surface area contributed by atoms with Gasteiger partial charge in [0.1, 0.15) is 11.9 Å². The minimum atomic E-state index is -0.218. The lowest BCUT2D eigenvalue weighted by Crippen LogP contribution is -2.26. The summed E-state index contributed by atoms with van der Waals surface area (Å²) >= 11 is 0. The summed E-state index contributed by atoms with van der Waals surface area (Å²) in [5.41, 5.74) is 0.983. The fraction of sp³-hybridized carbons (Fsp3) is 0.412. The van der Waals surface area contributed by atoms with E-state index in [0.29, 0.717) is 11.7 Å². The molecule has 0 aliphatic carbocycles. The van der Waals surface area contributed by atoms with E-state index in [0.717, 1.165) is 31.5 Å². The highest BCUT2D eigenvalue weighted by Gasteiger charge is 2.29. The number of nitrogens with one attached hydrogen (secondary N) is 1. The Bertz CT molecular complexity index is 654. The molecule has 1 aromatic carbocycles. The number of hydrogen-bond donors (Lipinski definition) is 1. The van der Waals surface area contributed by atoms with E-state index in [2.05, 4.69) is 15.5 Å². The van der Waals surface area contributed by atoms with Crippen LogP contribution in [0.15, 0.2) is 34.9 Å². The van der Waals surface area contributed by atoms with Crippen molar-refractivity contribution in [1.82, 2.24) is 15.5 Å². The van der Waals surface area contributed by atoms with E-state index in [1.165, 1.54) is 12.1 Å². The molecule has 0 spiro atoms. The van der Waals surface area contributed by atoms with Crippen molar-refractivity contribution in [1.29, 1.82) is 0 Å². The van der Waals surface area contributed by atoms with Gasteiger partial charge in [0.15, 0.2) is 5.82 Å². The summed E-state index contributed by atoms with van der Waals surface area (Å²) in [6, 6.07) is 6.42. The molecule has 1 fully saturated rings. The second kappa shape index (κ2) is 7.48. The van der Waals surface area contributed by atoms with Gasteiger partial charge in [0.2, 0.25) is 0 Å². The standard InChI is InChI=1S/C17H20FN3O2/c1-12-20-17(23-21-12)16-9-8-15(22-16)11-19-10-2-3-13-4-6-14(18)7-5-13/h2-7,15-16,19H,8-11H2,1H3/b3-2+/t15-,16+/m1/s1. The van der Waals surface area contributed by atoms with E-state index in [1.54, 1.807) is 19.1 Å². The molecule has 1 aliphatic rings. The fourth-order valence-electron chi connectivity index (χ4n) is 2.58. The second-order valence-electron chi connectivity index (χ2n) is 5.62. The Balaban J connectivity index is 1.37. The average Bonchev–Trinajstić information content (AvgIpc) is 3.18. The minimum Gasteiger partial charge on any atom is -0.364 e. The van der Waals surface area contributed by atoms with Crippen LogP contribution in [-0.4, -0.2) is 29.3 Å². The number of aryl methyl sites for hydroxylation is 1. The van der Waals surface area contributed by atoms with Crippen molar-refractivity contribution in [3.05, 3.63) is 53.4 Å². The summed E-state index contributed by atoms with van der Waals surface area (Å²) in [5, 5.41) is 7.13. The molecule has 5 nitrogen and oxygen atoms in total.